The van der Waals surface area contributed by atoms with E-state index in [-0.39, 0.29) is 75.8 Å². The molecule has 5 N–H and O–H groups in total. The topological polar surface area (TPSA) is 188 Å². The Hall–Kier alpha value is -4.42. The molecular weight excluding hydrogens is 616 g/mol. The van der Waals surface area contributed by atoms with Crippen molar-refractivity contribution < 1.29 is 38.2 Å². The van der Waals surface area contributed by atoms with Gasteiger partial charge in [0.15, 0.2) is 11.6 Å². The molecular formula is C36H48N4O8. The highest BCUT2D eigenvalue weighted by molar-refractivity contribution is 5.96. The van der Waals surface area contributed by atoms with Crippen LogP contribution in [0.25, 0.3) is 11.1 Å². The predicted octanol–water partition coefficient (Wildman–Crippen LogP) is 2.72. The van der Waals surface area contributed by atoms with Crippen LogP contribution in [-0.4, -0.2) is 79.2 Å². The van der Waals surface area contributed by atoms with Crippen LogP contribution >= 0.6 is 0 Å². The van der Waals surface area contributed by atoms with Crippen molar-refractivity contribution in [2.24, 2.45) is 23.3 Å². The monoisotopic (exact) mass is 664 g/mol. The van der Waals surface area contributed by atoms with E-state index in [0.717, 1.165) is 0 Å². The Morgan fingerprint density at radius 3 is 2.10 bits per heavy atom. The molecule has 4 atom stereocenters. The van der Waals surface area contributed by atoms with Gasteiger partial charge < -0.3 is 36.0 Å². The lowest BCUT2D eigenvalue weighted by Gasteiger charge is -2.30. The lowest BCUT2D eigenvalue weighted by Crippen LogP contribution is -2.46. The van der Waals surface area contributed by atoms with E-state index in [1.807, 2.05) is 6.07 Å². The van der Waals surface area contributed by atoms with Crippen molar-refractivity contribution in [1.82, 2.24) is 10.2 Å². The zero-order chi connectivity index (χ0) is 35.5. The van der Waals surface area contributed by atoms with E-state index in [9.17, 15) is 28.8 Å². The lowest BCUT2D eigenvalue weighted by atomic mass is 9.88. The number of fused-ring (bicyclic) bond motifs is 5. The third-order valence-electron chi connectivity index (χ3n) is 8.48. The Morgan fingerprint density at radius 1 is 0.917 bits per heavy atom. The van der Waals surface area contributed by atoms with E-state index >= 15 is 0 Å². The fraction of sp³-hybridized carbons (Fsp3) is 0.500. The van der Waals surface area contributed by atoms with Crippen LogP contribution in [-0.2, 0) is 35.2 Å². The quantitative estimate of drug-likeness (QED) is 0.271. The molecule has 2 aromatic rings. The van der Waals surface area contributed by atoms with E-state index in [1.165, 1.54) is 25.8 Å². The van der Waals surface area contributed by atoms with Gasteiger partial charge in [0, 0.05) is 68.8 Å². The normalized spacial score (nSPS) is 18.6. The summed E-state index contributed by atoms with van der Waals surface area (Å²) in [7, 11) is 1.50. The summed E-state index contributed by atoms with van der Waals surface area (Å²) in [5, 5.41) is 2.83. The maximum absolute atomic E-state index is 14.1. The molecule has 0 spiro atoms. The van der Waals surface area contributed by atoms with E-state index in [1.54, 1.807) is 44.2 Å². The Bertz CT molecular complexity index is 1520. The molecule has 4 bridgehead atoms. The number of carbonyl (C=O) groups is 6. The molecule has 1 heterocycles. The molecule has 12 nitrogen and oxygen atoms in total. The molecule has 12 heteroatoms. The van der Waals surface area contributed by atoms with Crippen molar-refractivity contribution in [2.75, 3.05) is 33.4 Å². The number of likely N-dealkylation sites (N-methyl/N-ethyl adjacent to an activating group) is 1. The van der Waals surface area contributed by atoms with Crippen molar-refractivity contribution in [2.45, 2.75) is 71.9 Å². The fourth-order valence-electron chi connectivity index (χ4n) is 5.55. The van der Waals surface area contributed by atoms with Crippen molar-refractivity contribution in [3.8, 4) is 22.6 Å². The lowest BCUT2D eigenvalue weighted by molar-refractivity contribution is -0.140. The summed E-state index contributed by atoms with van der Waals surface area (Å²) in [4.78, 5) is 79.4. The molecule has 0 saturated carbocycles. The smallest absolute Gasteiger partial charge is 0.223 e. The van der Waals surface area contributed by atoms with Gasteiger partial charge in [-0.3, -0.25) is 24.0 Å². The number of benzene rings is 2. The number of Topliss-reactive ketones (excluding diaryl/α,β-unsaturated/α-hetero) is 4. The summed E-state index contributed by atoms with van der Waals surface area (Å²) < 4.78 is 12.1. The van der Waals surface area contributed by atoms with Gasteiger partial charge in [0.2, 0.25) is 11.8 Å². The Labute approximate surface area is 281 Å². The fourth-order valence-corrected chi connectivity index (χ4v) is 5.55. The van der Waals surface area contributed by atoms with Crippen molar-refractivity contribution in [3.63, 3.8) is 0 Å². The van der Waals surface area contributed by atoms with E-state index in [4.69, 9.17) is 20.9 Å². The van der Waals surface area contributed by atoms with E-state index in [2.05, 4.69) is 5.32 Å². The number of hydrogen-bond acceptors (Lipinski definition) is 10. The standard InChI is InChI=1S/C36H48N4O8/c1-21(24(4)42)16-30(43)29-19-25-7-9-32(47-14-12-37)27(18-25)28-20-26(8-10-33(28)48-15-13-38)35(31(44)17-22(2)36(46)39-29)40(5)34(45)11-6-23(3)41/h7-10,18,20-22,29,35H,6,11-17,19,37-38H2,1-5H3,(H,39,46)/t21-,22-,29+,35+/m1/s1. The Morgan fingerprint density at radius 2 is 1.52 bits per heavy atom. The third kappa shape index (κ3) is 10.0. The summed E-state index contributed by atoms with van der Waals surface area (Å²) >= 11 is 0. The number of hydrogen-bond donors (Lipinski definition) is 3. The highest BCUT2D eigenvalue weighted by Gasteiger charge is 2.33. The van der Waals surface area contributed by atoms with Crippen molar-refractivity contribution >= 4 is 34.9 Å². The van der Waals surface area contributed by atoms with E-state index < -0.39 is 41.5 Å². The summed E-state index contributed by atoms with van der Waals surface area (Å²) in [6.07, 6.45) is -0.242. The molecule has 0 unspecified atom stereocenters. The van der Waals surface area contributed by atoms with Crippen LogP contribution in [0.2, 0.25) is 0 Å². The van der Waals surface area contributed by atoms with Gasteiger partial charge in [0.25, 0.3) is 0 Å². The first-order valence-electron chi connectivity index (χ1n) is 16.3. The molecule has 0 radical (unpaired) electrons. The van der Waals surface area contributed by atoms with Gasteiger partial charge in [-0.1, -0.05) is 26.0 Å². The van der Waals surface area contributed by atoms with Gasteiger partial charge in [0.1, 0.15) is 42.3 Å². The molecule has 0 aromatic heterocycles. The second kappa shape index (κ2) is 17.7. The van der Waals surface area contributed by atoms with Crippen LogP contribution < -0.4 is 26.3 Å². The first-order chi connectivity index (χ1) is 22.8. The van der Waals surface area contributed by atoms with Crippen LogP contribution in [0.4, 0.5) is 0 Å². The summed E-state index contributed by atoms with van der Waals surface area (Å²) in [5.74, 6) is -2.41. The minimum Gasteiger partial charge on any atom is -0.492 e. The van der Waals surface area contributed by atoms with Gasteiger partial charge in [0.05, 0.1) is 6.04 Å². The first-order valence-corrected chi connectivity index (χ1v) is 16.3. The molecule has 2 aromatic carbocycles. The van der Waals surface area contributed by atoms with Crippen molar-refractivity contribution in [1.29, 1.82) is 0 Å². The summed E-state index contributed by atoms with van der Waals surface area (Å²) in [6.45, 7) is 6.96. The number of ketones is 4. The number of rotatable bonds is 14. The van der Waals surface area contributed by atoms with Crippen LogP contribution in [0.1, 0.15) is 70.5 Å². The van der Waals surface area contributed by atoms with E-state index in [0.29, 0.717) is 33.8 Å². The molecule has 3 rings (SSSR count). The largest absolute Gasteiger partial charge is 0.492 e. The minimum absolute atomic E-state index is 0.0201. The minimum atomic E-state index is -1.10. The number of ether oxygens (including phenoxy) is 2. The summed E-state index contributed by atoms with van der Waals surface area (Å²) in [5.41, 5.74) is 13.8. The zero-order valence-corrected chi connectivity index (χ0v) is 28.5. The molecule has 0 saturated heterocycles. The molecule has 1 aliphatic heterocycles. The zero-order valence-electron chi connectivity index (χ0n) is 28.5. The SMILES string of the molecule is CC(=O)CCC(=O)N(C)[C@@H]1C(=O)C[C@@H](C)C(=O)N[C@H](C(=O)C[C@@H](C)C(C)=O)Cc2ccc(OCCN)c(c2)-c2cc1ccc2OCCN. The van der Waals surface area contributed by atoms with Gasteiger partial charge in [-0.2, -0.15) is 0 Å². The third-order valence-corrected chi connectivity index (χ3v) is 8.48. The van der Waals surface area contributed by atoms with Gasteiger partial charge in [-0.25, -0.2) is 0 Å². The average molecular weight is 665 g/mol. The Kier molecular flexibility index (Phi) is 14.0. The highest BCUT2D eigenvalue weighted by Crippen LogP contribution is 2.40. The number of carbonyl (C=O) groups excluding carboxylic acids is 6. The number of nitrogens with zero attached hydrogens (tertiary/aromatic N) is 1. The Balaban J connectivity index is 2.28. The average Bonchev–Trinajstić information content (AvgIpc) is 3.04. The second-order valence-corrected chi connectivity index (χ2v) is 12.5. The van der Waals surface area contributed by atoms with Gasteiger partial charge in [-0.05, 0) is 55.7 Å². The molecule has 0 aliphatic carbocycles. The molecule has 48 heavy (non-hydrogen) atoms. The molecule has 260 valence electrons. The predicted molar refractivity (Wildman–Crippen MR) is 180 cm³/mol. The maximum atomic E-state index is 14.1. The molecule has 0 fully saturated rings. The van der Waals surface area contributed by atoms with Gasteiger partial charge in [-0.15, -0.1) is 0 Å². The van der Waals surface area contributed by atoms with Crippen LogP contribution in [0.15, 0.2) is 36.4 Å². The summed E-state index contributed by atoms with van der Waals surface area (Å²) in [6, 6.07) is 8.44. The van der Waals surface area contributed by atoms with Crippen molar-refractivity contribution in [3.05, 3.63) is 47.5 Å². The van der Waals surface area contributed by atoms with Gasteiger partial charge >= 0.3 is 0 Å². The first kappa shape index (κ1) is 38.0. The number of nitrogens with one attached hydrogen (secondary N) is 1. The number of amides is 2. The maximum Gasteiger partial charge on any atom is 0.223 e. The molecule has 2 amide bonds. The molecule has 1 aliphatic rings. The van der Waals surface area contributed by atoms with Crippen LogP contribution in [0.5, 0.6) is 11.5 Å². The highest BCUT2D eigenvalue weighted by atomic mass is 16.5. The van der Waals surface area contributed by atoms with Crippen LogP contribution in [0.3, 0.4) is 0 Å². The van der Waals surface area contributed by atoms with Crippen LogP contribution in [0, 0.1) is 11.8 Å². The second-order valence-electron chi connectivity index (χ2n) is 12.5. The number of nitrogens with two attached hydrogens (primary N) is 2.